The van der Waals surface area contributed by atoms with Crippen LogP contribution in [0.5, 0.6) is 0 Å². The van der Waals surface area contributed by atoms with E-state index in [1.54, 1.807) is 0 Å². The molecule has 0 aliphatic heterocycles. The van der Waals surface area contributed by atoms with Gasteiger partial charge in [-0.25, -0.2) is 0 Å². The first-order valence-electron chi connectivity index (χ1n) is 7.16. The van der Waals surface area contributed by atoms with Crippen molar-refractivity contribution in [1.82, 2.24) is 4.90 Å². The van der Waals surface area contributed by atoms with E-state index in [1.807, 2.05) is 11.9 Å². The number of nitrogens with zero attached hydrogens (tertiary/aromatic N) is 1. The van der Waals surface area contributed by atoms with Crippen LogP contribution in [-0.2, 0) is 4.79 Å². The average Bonchev–Trinajstić information content (AvgIpc) is 2.29. The van der Waals surface area contributed by atoms with E-state index < -0.39 is 0 Å². The molecule has 0 aromatic rings. The fraction of sp³-hybridized carbons (Fsp3) is 0.929. The van der Waals surface area contributed by atoms with Crippen LogP contribution in [0.1, 0.15) is 39.0 Å². The van der Waals surface area contributed by atoms with Gasteiger partial charge in [0.1, 0.15) is 0 Å². The molecule has 0 spiro atoms. The van der Waals surface area contributed by atoms with Gasteiger partial charge in [-0.1, -0.05) is 6.92 Å². The largest absolute Gasteiger partial charge is 0.393 e. The van der Waals surface area contributed by atoms with Crippen molar-refractivity contribution < 1.29 is 9.90 Å². The van der Waals surface area contributed by atoms with Crippen molar-refractivity contribution in [2.45, 2.75) is 51.2 Å². The first-order valence-corrected chi connectivity index (χ1v) is 7.16. The molecule has 2 aliphatic carbocycles. The maximum absolute atomic E-state index is 12.4. The van der Waals surface area contributed by atoms with Gasteiger partial charge in [0.05, 0.1) is 6.10 Å². The van der Waals surface area contributed by atoms with Crippen molar-refractivity contribution in [3.63, 3.8) is 0 Å². The molecule has 2 aliphatic rings. The Bertz CT molecular complexity index is 302. The summed E-state index contributed by atoms with van der Waals surface area (Å²) in [5, 5.41) is 9.28. The molecule has 0 aromatic carbocycles. The zero-order chi connectivity index (χ0) is 13.3. The van der Waals surface area contributed by atoms with Gasteiger partial charge in [0, 0.05) is 25.6 Å². The molecule has 2 rings (SSSR count). The molecular weight excluding hydrogens is 228 g/mol. The Morgan fingerprint density at radius 3 is 2.61 bits per heavy atom. The van der Waals surface area contributed by atoms with E-state index in [-0.39, 0.29) is 24.0 Å². The Morgan fingerprint density at radius 1 is 1.33 bits per heavy atom. The van der Waals surface area contributed by atoms with Gasteiger partial charge >= 0.3 is 0 Å². The summed E-state index contributed by atoms with van der Waals surface area (Å²) in [6.07, 6.45) is 4.49. The van der Waals surface area contributed by atoms with Gasteiger partial charge in [0.15, 0.2) is 0 Å². The lowest BCUT2D eigenvalue weighted by atomic mass is 9.77. The monoisotopic (exact) mass is 254 g/mol. The lowest BCUT2D eigenvalue weighted by Crippen LogP contribution is -2.45. The minimum Gasteiger partial charge on any atom is -0.393 e. The third-order valence-electron chi connectivity index (χ3n) is 4.67. The predicted octanol–water partition coefficient (Wildman–Crippen LogP) is 0.979. The van der Waals surface area contributed by atoms with Gasteiger partial charge < -0.3 is 15.7 Å². The molecule has 3 atom stereocenters. The van der Waals surface area contributed by atoms with Crippen molar-refractivity contribution >= 4 is 5.91 Å². The van der Waals surface area contributed by atoms with Crippen LogP contribution in [-0.4, -0.2) is 41.7 Å². The molecule has 0 aromatic heterocycles. The van der Waals surface area contributed by atoms with E-state index in [1.165, 1.54) is 0 Å². The van der Waals surface area contributed by atoms with Crippen molar-refractivity contribution in [2.24, 2.45) is 23.5 Å². The van der Waals surface area contributed by atoms with Crippen molar-refractivity contribution in [1.29, 1.82) is 0 Å². The zero-order valence-electron chi connectivity index (χ0n) is 11.5. The van der Waals surface area contributed by atoms with Gasteiger partial charge in [-0.05, 0) is 43.9 Å². The van der Waals surface area contributed by atoms with Gasteiger partial charge in [0.2, 0.25) is 5.91 Å². The second-order valence-electron chi connectivity index (χ2n) is 6.37. The Balaban J connectivity index is 1.85. The number of aliphatic hydroxyl groups is 1. The number of carbonyl (C=O) groups is 1. The first-order chi connectivity index (χ1) is 8.47. The molecule has 18 heavy (non-hydrogen) atoms. The second kappa shape index (κ2) is 5.57. The molecule has 4 nitrogen and oxygen atoms in total. The third kappa shape index (κ3) is 3.04. The van der Waals surface area contributed by atoms with Crippen molar-refractivity contribution in [2.75, 3.05) is 13.6 Å². The summed E-state index contributed by atoms with van der Waals surface area (Å²) in [4.78, 5) is 14.3. The van der Waals surface area contributed by atoms with E-state index in [4.69, 9.17) is 5.73 Å². The van der Waals surface area contributed by atoms with Gasteiger partial charge in [-0.2, -0.15) is 0 Å². The molecule has 3 N–H and O–H groups in total. The van der Waals surface area contributed by atoms with Crippen LogP contribution in [0.4, 0.5) is 0 Å². The number of hydrogen-bond acceptors (Lipinski definition) is 3. The van der Waals surface area contributed by atoms with Crippen LogP contribution < -0.4 is 5.73 Å². The Labute approximate surface area is 110 Å². The van der Waals surface area contributed by atoms with Gasteiger partial charge in [-0.3, -0.25) is 4.79 Å². The molecule has 0 heterocycles. The molecule has 0 radical (unpaired) electrons. The highest BCUT2D eigenvalue weighted by molar-refractivity contribution is 5.79. The van der Waals surface area contributed by atoms with Crippen LogP contribution in [0.15, 0.2) is 0 Å². The highest BCUT2D eigenvalue weighted by Crippen LogP contribution is 2.32. The van der Waals surface area contributed by atoms with E-state index in [9.17, 15) is 9.90 Å². The summed E-state index contributed by atoms with van der Waals surface area (Å²) in [5.41, 5.74) is 5.98. The highest BCUT2D eigenvalue weighted by atomic mass is 16.3. The molecule has 104 valence electrons. The van der Waals surface area contributed by atoms with Gasteiger partial charge in [0.25, 0.3) is 0 Å². The van der Waals surface area contributed by atoms with E-state index in [2.05, 4.69) is 6.92 Å². The molecule has 2 fully saturated rings. The Hall–Kier alpha value is -0.610. The molecule has 0 bridgehead atoms. The second-order valence-corrected chi connectivity index (χ2v) is 6.37. The van der Waals surface area contributed by atoms with E-state index >= 15 is 0 Å². The Kier molecular flexibility index (Phi) is 4.28. The maximum Gasteiger partial charge on any atom is 0.225 e. The van der Waals surface area contributed by atoms with Crippen LogP contribution in [0, 0.1) is 17.8 Å². The number of rotatable bonds is 3. The maximum atomic E-state index is 12.4. The first kappa shape index (κ1) is 13.8. The fourth-order valence-corrected chi connectivity index (χ4v) is 3.31. The summed E-state index contributed by atoms with van der Waals surface area (Å²) in [6, 6.07) is 0.189. The summed E-state index contributed by atoms with van der Waals surface area (Å²) in [7, 11) is 1.89. The molecule has 3 unspecified atom stereocenters. The normalized spacial score (nSPS) is 40.1. The lowest BCUT2D eigenvalue weighted by molar-refractivity contribution is -0.138. The third-order valence-corrected chi connectivity index (χ3v) is 4.67. The number of carbonyl (C=O) groups excluding carboxylic acids is 1. The van der Waals surface area contributed by atoms with Gasteiger partial charge in [-0.15, -0.1) is 0 Å². The molecule has 1 amide bonds. The van der Waals surface area contributed by atoms with Crippen LogP contribution in [0.2, 0.25) is 0 Å². The fourth-order valence-electron chi connectivity index (χ4n) is 3.31. The average molecular weight is 254 g/mol. The van der Waals surface area contributed by atoms with Crippen LogP contribution >= 0.6 is 0 Å². The van der Waals surface area contributed by atoms with Crippen LogP contribution in [0.3, 0.4) is 0 Å². The Morgan fingerprint density at radius 2 is 2.00 bits per heavy atom. The standard InChI is InChI=1S/C14H26N2O2/c1-9-3-4-11(15)7-13(9)14(18)16(2)8-10-5-12(17)6-10/h9-13,17H,3-8,15H2,1-2H3. The van der Waals surface area contributed by atoms with E-state index in [0.717, 1.165) is 38.6 Å². The predicted molar refractivity (Wildman–Crippen MR) is 70.8 cm³/mol. The topological polar surface area (TPSA) is 66.6 Å². The molecule has 4 heteroatoms. The minimum atomic E-state index is -0.138. The molecule has 0 saturated heterocycles. The number of amides is 1. The van der Waals surface area contributed by atoms with Crippen molar-refractivity contribution in [3.05, 3.63) is 0 Å². The zero-order valence-corrected chi connectivity index (χ0v) is 11.5. The SMILES string of the molecule is CC1CCC(N)CC1C(=O)N(C)CC1CC(O)C1. The number of nitrogens with two attached hydrogens (primary N) is 1. The quantitative estimate of drug-likeness (QED) is 0.789. The molecular formula is C14H26N2O2. The van der Waals surface area contributed by atoms with E-state index in [0.29, 0.717) is 11.8 Å². The minimum absolute atomic E-state index is 0.101. The summed E-state index contributed by atoms with van der Waals surface area (Å²) in [6.45, 7) is 2.95. The summed E-state index contributed by atoms with van der Waals surface area (Å²) >= 11 is 0. The van der Waals surface area contributed by atoms with Crippen molar-refractivity contribution in [3.8, 4) is 0 Å². The smallest absolute Gasteiger partial charge is 0.225 e. The van der Waals surface area contributed by atoms with Crippen LogP contribution in [0.25, 0.3) is 0 Å². The summed E-state index contributed by atoms with van der Waals surface area (Å²) in [5.74, 6) is 1.29. The molecule has 2 saturated carbocycles. The number of hydrogen-bond donors (Lipinski definition) is 2. The lowest BCUT2D eigenvalue weighted by Gasteiger charge is -2.38. The highest BCUT2D eigenvalue weighted by Gasteiger charge is 2.35. The number of aliphatic hydroxyl groups excluding tert-OH is 1. The summed E-state index contributed by atoms with van der Waals surface area (Å²) < 4.78 is 0.